The summed E-state index contributed by atoms with van der Waals surface area (Å²) in [4.78, 5) is 5.78. The SMILES string of the molecule is OCCNc1cc(NCC2CC2)c2sc(-c3ccn[nH]3)cc2n1. The molecule has 0 amide bonds. The summed E-state index contributed by atoms with van der Waals surface area (Å²) in [7, 11) is 0. The second-order valence-corrected chi connectivity index (χ2v) is 6.88. The Balaban J connectivity index is 1.71. The Morgan fingerprint density at radius 1 is 1.30 bits per heavy atom. The maximum Gasteiger partial charge on any atom is 0.128 e. The second-order valence-electron chi connectivity index (χ2n) is 5.83. The number of pyridine rings is 1. The standard InChI is InChI=1S/C16H19N5OS/c22-6-5-17-15-8-12(18-9-10-1-2-10)16-13(20-15)7-14(23-16)11-3-4-19-21-11/h3-4,7-8,10,22H,1-2,5-6,9H2,(H,19,21)(H2,17,18,20). The molecule has 0 spiro atoms. The zero-order valence-electron chi connectivity index (χ0n) is 12.7. The van der Waals surface area contributed by atoms with Crippen molar-refractivity contribution >= 4 is 33.1 Å². The number of hydrogen-bond acceptors (Lipinski definition) is 6. The third-order valence-electron chi connectivity index (χ3n) is 3.94. The molecule has 0 unspecified atom stereocenters. The first kappa shape index (κ1) is 14.5. The Labute approximate surface area is 138 Å². The van der Waals surface area contributed by atoms with Gasteiger partial charge in [-0.2, -0.15) is 5.10 Å². The summed E-state index contributed by atoms with van der Waals surface area (Å²) >= 11 is 1.71. The molecular formula is C16H19N5OS. The van der Waals surface area contributed by atoms with Gasteiger partial charge in [0, 0.05) is 25.4 Å². The van der Waals surface area contributed by atoms with Crippen LogP contribution in [0.2, 0.25) is 0 Å². The lowest BCUT2D eigenvalue weighted by Gasteiger charge is -2.10. The van der Waals surface area contributed by atoms with Gasteiger partial charge in [-0.05, 0) is 30.9 Å². The predicted molar refractivity (Wildman–Crippen MR) is 94.0 cm³/mol. The van der Waals surface area contributed by atoms with Crippen LogP contribution in [0.5, 0.6) is 0 Å². The van der Waals surface area contributed by atoms with Crippen molar-refractivity contribution in [3.63, 3.8) is 0 Å². The van der Waals surface area contributed by atoms with Gasteiger partial charge in [-0.1, -0.05) is 0 Å². The molecule has 6 nitrogen and oxygen atoms in total. The molecule has 0 radical (unpaired) electrons. The molecule has 0 saturated heterocycles. The number of nitrogens with zero attached hydrogens (tertiary/aromatic N) is 2. The third-order valence-corrected chi connectivity index (χ3v) is 5.13. The van der Waals surface area contributed by atoms with Crippen molar-refractivity contribution in [1.82, 2.24) is 15.2 Å². The monoisotopic (exact) mass is 329 g/mol. The van der Waals surface area contributed by atoms with Gasteiger partial charge in [0.15, 0.2) is 0 Å². The zero-order valence-corrected chi connectivity index (χ0v) is 13.5. The Morgan fingerprint density at radius 2 is 2.22 bits per heavy atom. The van der Waals surface area contributed by atoms with E-state index in [-0.39, 0.29) is 6.61 Å². The van der Waals surface area contributed by atoms with Crippen LogP contribution in [0.25, 0.3) is 20.8 Å². The molecule has 1 saturated carbocycles. The Kier molecular flexibility index (Phi) is 3.88. The number of thiophene rings is 1. The van der Waals surface area contributed by atoms with Gasteiger partial charge < -0.3 is 15.7 Å². The summed E-state index contributed by atoms with van der Waals surface area (Å²) in [6.45, 7) is 1.60. The average molecular weight is 329 g/mol. The number of aromatic amines is 1. The first-order valence-electron chi connectivity index (χ1n) is 7.86. The van der Waals surface area contributed by atoms with E-state index in [1.807, 2.05) is 12.1 Å². The van der Waals surface area contributed by atoms with Gasteiger partial charge in [0.25, 0.3) is 0 Å². The number of anilines is 2. The number of aliphatic hydroxyl groups is 1. The largest absolute Gasteiger partial charge is 0.395 e. The number of hydrogen-bond donors (Lipinski definition) is 4. The maximum atomic E-state index is 9.01. The number of nitrogens with one attached hydrogen (secondary N) is 3. The molecule has 3 aromatic rings. The van der Waals surface area contributed by atoms with Crippen LogP contribution < -0.4 is 10.6 Å². The van der Waals surface area contributed by atoms with Crippen LogP contribution in [0.1, 0.15) is 12.8 Å². The van der Waals surface area contributed by atoms with Crippen LogP contribution in [0.3, 0.4) is 0 Å². The van der Waals surface area contributed by atoms with Crippen LogP contribution in [-0.2, 0) is 0 Å². The minimum atomic E-state index is 0.0909. The smallest absolute Gasteiger partial charge is 0.128 e. The Hall–Kier alpha value is -2.12. The lowest BCUT2D eigenvalue weighted by atomic mass is 10.3. The quantitative estimate of drug-likeness (QED) is 0.535. The third kappa shape index (κ3) is 3.16. The van der Waals surface area contributed by atoms with E-state index in [2.05, 4.69) is 31.9 Å². The average Bonchev–Trinajstić information content (AvgIpc) is 3.06. The first-order chi connectivity index (χ1) is 11.3. The van der Waals surface area contributed by atoms with Crippen molar-refractivity contribution in [2.75, 3.05) is 30.3 Å². The van der Waals surface area contributed by atoms with Gasteiger partial charge in [-0.3, -0.25) is 5.10 Å². The minimum absolute atomic E-state index is 0.0909. The molecule has 4 rings (SSSR count). The number of H-pyrrole nitrogens is 1. The van der Waals surface area contributed by atoms with Gasteiger partial charge in [-0.25, -0.2) is 4.98 Å². The molecule has 0 atom stereocenters. The van der Waals surface area contributed by atoms with Gasteiger partial charge in [0.2, 0.25) is 0 Å². The molecule has 0 bridgehead atoms. The van der Waals surface area contributed by atoms with Gasteiger partial charge in [0.05, 0.1) is 33.1 Å². The molecule has 4 N–H and O–H groups in total. The highest BCUT2D eigenvalue weighted by Crippen LogP contribution is 2.38. The van der Waals surface area contributed by atoms with Gasteiger partial charge in [-0.15, -0.1) is 11.3 Å². The molecule has 0 aliphatic heterocycles. The Morgan fingerprint density at radius 3 is 2.96 bits per heavy atom. The number of rotatable bonds is 7. The summed E-state index contributed by atoms with van der Waals surface area (Å²) in [5.74, 6) is 1.60. The van der Waals surface area contributed by atoms with E-state index in [0.717, 1.165) is 44.8 Å². The van der Waals surface area contributed by atoms with Crippen molar-refractivity contribution in [1.29, 1.82) is 0 Å². The molecule has 1 fully saturated rings. The van der Waals surface area contributed by atoms with E-state index < -0.39 is 0 Å². The highest BCUT2D eigenvalue weighted by Gasteiger charge is 2.21. The molecule has 1 aliphatic carbocycles. The Bertz CT molecular complexity index is 794. The van der Waals surface area contributed by atoms with Crippen LogP contribution in [0.4, 0.5) is 11.5 Å². The van der Waals surface area contributed by atoms with E-state index in [1.165, 1.54) is 12.8 Å². The summed E-state index contributed by atoms with van der Waals surface area (Å²) in [5, 5.41) is 22.8. The van der Waals surface area contributed by atoms with Crippen molar-refractivity contribution < 1.29 is 5.11 Å². The number of aliphatic hydroxyl groups excluding tert-OH is 1. The number of fused-ring (bicyclic) bond motifs is 1. The molecule has 23 heavy (non-hydrogen) atoms. The van der Waals surface area contributed by atoms with Crippen molar-refractivity contribution in [3.05, 3.63) is 24.4 Å². The van der Waals surface area contributed by atoms with Crippen molar-refractivity contribution in [2.24, 2.45) is 5.92 Å². The molecule has 1 aliphatic rings. The summed E-state index contributed by atoms with van der Waals surface area (Å²) < 4.78 is 1.16. The molecule has 0 aromatic carbocycles. The topological polar surface area (TPSA) is 85.9 Å². The van der Waals surface area contributed by atoms with Crippen LogP contribution >= 0.6 is 11.3 Å². The van der Waals surface area contributed by atoms with E-state index in [4.69, 9.17) is 5.11 Å². The molecular weight excluding hydrogens is 310 g/mol. The van der Waals surface area contributed by atoms with Gasteiger partial charge in [0.1, 0.15) is 5.82 Å². The maximum absolute atomic E-state index is 9.01. The fraction of sp³-hybridized carbons (Fsp3) is 0.375. The van der Waals surface area contributed by atoms with E-state index in [0.29, 0.717) is 6.54 Å². The highest BCUT2D eigenvalue weighted by atomic mass is 32.1. The fourth-order valence-electron chi connectivity index (χ4n) is 2.53. The molecule has 120 valence electrons. The van der Waals surface area contributed by atoms with Crippen LogP contribution in [0, 0.1) is 5.92 Å². The first-order valence-corrected chi connectivity index (χ1v) is 8.68. The van der Waals surface area contributed by atoms with E-state index in [9.17, 15) is 0 Å². The second kappa shape index (κ2) is 6.17. The molecule has 3 aromatic heterocycles. The van der Waals surface area contributed by atoms with Crippen LogP contribution in [0.15, 0.2) is 24.4 Å². The fourth-order valence-corrected chi connectivity index (χ4v) is 3.59. The molecule has 7 heteroatoms. The molecule has 3 heterocycles. The normalized spacial score (nSPS) is 14.3. The zero-order chi connectivity index (χ0) is 15.6. The highest BCUT2D eigenvalue weighted by molar-refractivity contribution is 7.22. The lowest BCUT2D eigenvalue weighted by Crippen LogP contribution is -2.08. The lowest BCUT2D eigenvalue weighted by molar-refractivity contribution is 0.311. The van der Waals surface area contributed by atoms with Crippen molar-refractivity contribution in [2.45, 2.75) is 12.8 Å². The van der Waals surface area contributed by atoms with Crippen LogP contribution in [-0.4, -0.2) is 40.0 Å². The summed E-state index contributed by atoms with van der Waals surface area (Å²) in [6, 6.07) is 6.08. The van der Waals surface area contributed by atoms with Gasteiger partial charge >= 0.3 is 0 Å². The number of aromatic nitrogens is 3. The van der Waals surface area contributed by atoms with E-state index >= 15 is 0 Å². The minimum Gasteiger partial charge on any atom is -0.395 e. The summed E-state index contributed by atoms with van der Waals surface area (Å²) in [6.07, 6.45) is 4.40. The van der Waals surface area contributed by atoms with E-state index in [1.54, 1.807) is 17.5 Å². The predicted octanol–water partition coefficient (Wildman–Crippen LogP) is 2.91. The van der Waals surface area contributed by atoms with Crippen molar-refractivity contribution in [3.8, 4) is 10.6 Å². The summed E-state index contributed by atoms with van der Waals surface area (Å²) in [5.41, 5.74) is 3.07.